The van der Waals surface area contributed by atoms with Crippen LogP contribution in [0.25, 0.3) is 0 Å². The molecule has 23 heavy (non-hydrogen) atoms. The molecule has 0 aliphatic heterocycles. The molecule has 0 aliphatic carbocycles. The predicted molar refractivity (Wildman–Crippen MR) is 97.9 cm³/mol. The molecule has 0 unspecified atom stereocenters. The summed E-state index contributed by atoms with van der Waals surface area (Å²) >= 11 is 0. The maximum absolute atomic E-state index is 11.2. The van der Waals surface area contributed by atoms with Crippen molar-refractivity contribution in [1.82, 2.24) is 0 Å². The van der Waals surface area contributed by atoms with E-state index in [1.807, 2.05) is 31.2 Å². The van der Waals surface area contributed by atoms with Gasteiger partial charge in [-0.25, -0.2) is 0 Å². The molecule has 0 amide bonds. The highest BCUT2D eigenvalue weighted by molar-refractivity contribution is 6.47. The number of Topliss-reactive ketones (excluding diaryl/α,β-unsaturated/α-hetero) is 1. The molecule has 0 fully saturated rings. The molecule has 0 saturated carbocycles. The molecule has 0 heterocycles. The number of hydrogen-bond acceptors (Lipinski definition) is 3. The largest absolute Gasteiger partial charge is 0.494 e. The van der Waals surface area contributed by atoms with Crippen molar-refractivity contribution in [2.75, 3.05) is 6.61 Å². The summed E-state index contributed by atoms with van der Waals surface area (Å²) < 4.78 is 11.7. The average molecular weight is 318 g/mol. The van der Waals surface area contributed by atoms with Crippen molar-refractivity contribution in [2.45, 2.75) is 66.4 Å². The van der Waals surface area contributed by atoms with Crippen LogP contribution < -0.4 is 10.2 Å². The third-order valence-corrected chi connectivity index (χ3v) is 4.59. The first-order valence-electron chi connectivity index (χ1n) is 8.53. The smallest absolute Gasteiger partial charge is 0.309 e. The fourth-order valence-electron chi connectivity index (χ4n) is 1.80. The van der Waals surface area contributed by atoms with Gasteiger partial charge in [-0.05, 0) is 37.8 Å². The number of rotatable bonds is 9. The van der Waals surface area contributed by atoms with E-state index in [1.165, 1.54) is 0 Å². The topological polar surface area (TPSA) is 35.5 Å². The second-order valence-corrected chi connectivity index (χ2v) is 7.54. The van der Waals surface area contributed by atoms with Crippen molar-refractivity contribution < 1.29 is 14.2 Å². The first kappa shape index (κ1) is 19.8. The Kier molecular flexibility index (Phi) is 7.33. The van der Waals surface area contributed by atoms with E-state index in [0.29, 0.717) is 32.7 Å². The molecular formula is C19H31BO3. The second-order valence-electron chi connectivity index (χ2n) is 7.54. The zero-order chi connectivity index (χ0) is 17.5. The minimum Gasteiger partial charge on any atom is -0.494 e. The zero-order valence-electron chi connectivity index (χ0n) is 15.6. The molecule has 0 atom stereocenters. The molecule has 0 bridgehead atoms. The van der Waals surface area contributed by atoms with Gasteiger partial charge in [-0.3, -0.25) is 4.79 Å². The molecule has 4 heteroatoms. The van der Waals surface area contributed by atoms with E-state index in [2.05, 4.69) is 34.6 Å². The molecule has 3 nitrogen and oxygen atoms in total. The van der Waals surface area contributed by atoms with Crippen molar-refractivity contribution in [2.24, 2.45) is 5.41 Å². The molecule has 1 rings (SSSR count). The number of ketones is 1. The maximum atomic E-state index is 11.2. The number of ether oxygens (including phenoxy) is 1. The Bertz CT molecular complexity index is 486. The quantitative estimate of drug-likeness (QED) is 0.515. The third kappa shape index (κ3) is 6.78. The summed E-state index contributed by atoms with van der Waals surface area (Å²) in [4.78, 5) is 11.2. The SMILES string of the molecule is CCC(=O)CCCOc1ccc(BOC(C)(C)C(C)(C)C)cc1. The summed E-state index contributed by atoms with van der Waals surface area (Å²) in [6.07, 6.45) is 1.99. The minimum atomic E-state index is -0.187. The lowest BCUT2D eigenvalue weighted by atomic mass is 9.76. The highest BCUT2D eigenvalue weighted by Gasteiger charge is 2.33. The summed E-state index contributed by atoms with van der Waals surface area (Å²) in [5, 5.41) is 0. The van der Waals surface area contributed by atoms with E-state index in [0.717, 1.165) is 17.6 Å². The van der Waals surface area contributed by atoms with Gasteiger partial charge >= 0.3 is 7.48 Å². The van der Waals surface area contributed by atoms with Gasteiger partial charge in [0.15, 0.2) is 0 Å². The highest BCUT2D eigenvalue weighted by Crippen LogP contribution is 2.32. The molecule has 0 aromatic heterocycles. The van der Waals surface area contributed by atoms with Crippen LogP contribution in [0, 0.1) is 5.41 Å². The lowest BCUT2D eigenvalue weighted by Crippen LogP contribution is -2.42. The van der Waals surface area contributed by atoms with Crippen LogP contribution in [-0.4, -0.2) is 25.5 Å². The van der Waals surface area contributed by atoms with Gasteiger partial charge in [-0.2, -0.15) is 0 Å². The van der Waals surface area contributed by atoms with Crippen molar-refractivity contribution in [3.63, 3.8) is 0 Å². The minimum absolute atomic E-state index is 0.0893. The number of carbonyl (C=O) groups excluding carboxylic acids is 1. The van der Waals surface area contributed by atoms with Gasteiger partial charge in [0.25, 0.3) is 0 Å². The monoisotopic (exact) mass is 318 g/mol. The molecular weight excluding hydrogens is 287 g/mol. The van der Waals surface area contributed by atoms with Gasteiger partial charge < -0.3 is 9.39 Å². The van der Waals surface area contributed by atoms with E-state index in [-0.39, 0.29) is 11.0 Å². The van der Waals surface area contributed by atoms with E-state index in [4.69, 9.17) is 9.39 Å². The Morgan fingerprint density at radius 2 is 1.70 bits per heavy atom. The molecule has 1 aromatic carbocycles. The second kappa shape index (κ2) is 8.53. The van der Waals surface area contributed by atoms with Gasteiger partial charge in [-0.1, -0.05) is 45.3 Å². The van der Waals surface area contributed by atoms with Crippen LogP contribution in [0.5, 0.6) is 5.75 Å². The molecule has 128 valence electrons. The molecule has 0 aliphatic rings. The maximum Gasteiger partial charge on any atom is 0.309 e. The summed E-state index contributed by atoms with van der Waals surface area (Å²) in [6, 6.07) is 7.99. The normalized spacial score (nSPS) is 12.1. The van der Waals surface area contributed by atoms with E-state index < -0.39 is 0 Å². The summed E-state index contributed by atoms with van der Waals surface area (Å²) in [5.41, 5.74) is 1.04. The molecule has 0 saturated heterocycles. The summed E-state index contributed by atoms with van der Waals surface area (Å²) in [5.74, 6) is 1.13. The Morgan fingerprint density at radius 1 is 1.09 bits per heavy atom. The van der Waals surface area contributed by atoms with Crippen molar-refractivity contribution in [3.05, 3.63) is 24.3 Å². The summed E-state index contributed by atoms with van der Waals surface area (Å²) in [6.45, 7) is 13.3. The number of benzene rings is 1. The standard InChI is InChI=1S/C19H31BO3/c1-7-16(21)9-8-14-22-17-12-10-15(11-13-17)20-23-19(5,6)18(2,3)4/h10-13,20H,7-9,14H2,1-6H3. The predicted octanol–water partition coefficient (Wildman–Crippen LogP) is 3.64. The van der Waals surface area contributed by atoms with Crippen LogP contribution in [0.1, 0.15) is 60.8 Å². The lowest BCUT2D eigenvalue weighted by molar-refractivity contribution is -0.118. The van der Waals surface area contributed by atoms with Crippen LogP contribution >= 0.6 is 0 Å². The van der Waals surface area contributed by atoms with E-state index in [1.54, 1.807) is 0 Å². The Morgan fingerprint density at radius 3 is 2.22 bits per heavy atom. The van der Waals surface area contributed by atoms with Gasteiger partial charge in [0.1, 0.15) is 11.5 Å². The first-order valence-corrected chi connectivity index (χ1v) is 8.53. The van der Waals surface area contributed by atoms with Crippen molar-refractivity contribution in [1.29, 1.82) is 0 Å². The van der Waals surface area contributed by atoms with Crippen LogP contribution in [-0.2, 0) is 9.45 Å². The fourth-order valence-corrected chi connectivity index (χ4v) is 1.80. The van der Waals surface area contributed by atoms with Crippen LogP contribution in [0.2, 0.25) is 0 Å². The summed E-state index contributed by atoms with van der Waals surface area (Å²) in [7, 11) is 0.593. The van der Waals surface area contributed by atoms with Crippen molar-refractivity contribution >= 4 is 18.7 Å². The third-order valence-electron chi connectivity index (χ3n) is 4.59. The van der Waals surface area contributed by atoms with Crippen LogP contribution in [0.4, 0.5) is 0 Å². The average Bonchev–Trinajstić information content (AvgIpc) is 2.49. The molecule has 0 radical (unpaired) electrons. The van der Waals surface area contributed by atoms with Crippen LogP contribution in [0.15, 0.2) is 24.3 Å². The van der Waals surface area contributed by atoms with Gasteiger partial charge in [0.05, 0.1) is 12.2 Å². The Hall–Kier alpha value is -1.29. The zero-order valence-corrected chi connectivity index (χ0v) is 15.6. The van der Waals surface area contributed by atoms with Crippen LogP contribution in [0.3, 0.4) is 0 Å². The fraction of sp³-hybridized carbons (Fsp3) is 0.632. The molecule has 0 N–H and O–H groups in total. The van der Waals surface area contributed by atoms with E-state index in [9.17, 15) is 4.79 Å². The van der Waals surface area contributed by atoms with Crippen molar-refractivity contribution in [3.8, 4) is 5.75 Å². The molecule has 0 spiro atoms. The number of carbonyl (C=O) groups is 1. The Labute approximate surface area is 142 Å². The van der Waals surface area contributed by atoms with E-state index >= 15 is 0 Å². The first-order chi connectivity index (χ1) is 10.7. The van der Waals surface area contributed by atoms with Gasteiger partial charge in [0, 0.05) is 12.8 Å². The Balaban J connectivity index is 2.40. The van der Waals surface area contributed by atoms with Gasteiger partial charge in [0.2, 0.25) is 0 Å². The highest BCUT2D eigenvalue weighted by atomic mass is 16.5. The number of hydrogen-bond donors (Lipinski definition) is 0. The lowest BCUT2D eigenvalue weighted by Gasteiger charge is -2.39. The van der Waals surface area contributed by atoms with Gasteiger partial charge in [-0.15, -0.1) is 0 Å². The molecule has 1 aromatic rings.